The summed E-state index contributed by atoms with van der Waals surface area (Å²) in [6, 6.07) is 11.0. The summed E-state index contributed by atoms with van der Waals surface area (Å²) in [6.45, 7) is 3.25. The van der Waals surface area contributed by atoms with Crippen LogP contribution in [0.4, 0.5) is 0 Å². The lowest BCUT2D eigenvalue weighted by molar-refractivity contribution is 0.225. The van der Waals surface area contributed by atoms with Crippen LogP contribution in [0, 0.1) is 16.7 Å². The van der Waals surface area contributed by atoms with E-state index in [9.17, 15) is 0 Å². The number of fused-ring (bicyclic) bond motifs is 1. The van der Waals surface area contributed by atoms with Gasteiger partial charge < -0.3 is 0 Å². The van der Waals surface area contributed by atoms with Gasteiger partial charge in [0.2, 0.25) is 0 Å². The van der Waals surface area contributed by atoms with Gasteiger partial charge in [0.1, 0.15) is 0 Å². The molecule has 0 bridgehead atoms. The second kappa shape index (κ2) is 3.61. The molecule has 1 aromatic carbocycles. The van der Waals surface area contributed by atoms with Gasteiger partial charge >= 0.3 is 0 Å². The van der Waals surface area contributed by atoms with Crippen LogP contribution in [-0.2, 0) is 13.1 Å². The molecule has 0 spiro atoms. The maximum Gasteiger partial charge on any atom is 0.0628 e. The highest BCUT2D eigenvalue weighted by atomic mass is 15.1. The van der Waals surface area contributed by atoms with E-state index < -0.39 is 0 Å². The van der Waals surface area contributed by atoms with E-state index in [2.05, 4.69) is 35.2 Å². The Balaban J connectivity index is 1.67. The van der Waals surface area contributed by atoms with Crippen LogP contribution in [0.25, 0.3) is 0 Å². The predicted octanol–water partition coefficient (Wildman–Crippen LogP) is 2.70. The molecule has 1 aliphatic carbocycles. The summed E-state index contributed by atoms with van der Waals surface area (Å²) in [6.07, 6.45) is 3.22. The lowest BCUT2D eigenvalue weighted by Gasteiger charge is -2.20. The third kappa shape index (κ3) is 1.72. The van der Waals surface area contributed by atoms with Gasteiger partial charge in [0.15, 0.2) is 0 Å². The molecule has 82 valence electrons. The number of rotatable bonds is 3. The summed E-state index contributed by atoms with van der Waals surface area (Å²) in [7, 11) is 0. The number of hydrogen-bond donors (Lipinski definition) is 0. The van der Waals surface area contributed by atoms with Gasteiger partial charge in [-0.05, 0) is 29.4 Å². The molecule has 0 N–H and O–H groups in total. The van der Waals surface area contributed by atoms with Crippen molar-refractivity contribution in [2.45, 2.75) is 32.4 Å². The average molecular weight is 212 g/mol. The summed E-state index contributed by atoms with van der Waals surface area (Å²) in [5.74, 6) is 0. The molecular formula is C14H16N2. The molecule has 0 saturated heterocycles. The van der Waals surface area contributed by atoms with Crippen molar-refractivity contribution in [1.29, 1.82) is 5.26 Å². The summed E-state index contributed by atoms with van der Waals surface area (Å²) >= 11 is 0. The van der Waals surface area contributed by atoms with Gasteiger partial charge in [-0.25, -0.2) is 0 Å². The predicted molar refractivity (Wildman–Crippen MR) is 62.5 cm³/mol. The molecule has 1 saturated carbocycles. The monoisotopic (exact) mass is 212 g/mol. The van der Waals surface area contributed by atoms with E-state index in [1.54, 1.807) is 0 Å². The van der Waals surface area contributed by atoms with Crippen LogP contribution in [-0.4, -0.2) is 11.4 Å². The van der Waals surface area contributed by atoms with E-state index in [0.29, 0.717) is 5.41 Å². The maximum absolute atomic E-state index is 8.82. The molecule has 1 aromatic rings. The van der Waals surface area contributed by atoms with Crippen molar-refractivity contribution in [3.63, 3.8) is 0 Å². The molecule has 0 atom stereocenters. The van der Waals surface area contributed by atoms with E-state index >= 15 is 0 Å². The minimum Gasteiger partial charge on any atom is -0.294 e. The van der Waals surface area contributed by atoms with Crippen molar-refractivity contribution < 1.29 is 0 Å². The van der Waals surface area contributed by atoms with Crippen LogP contribution in [0.15, 0.2) is 24.3 Å². The van der Waals surface area contributed by atoms with Gasteiger partial charge in [0.25, 0.3) is 0 Å². The first-order chi connectivity index (χ1) is 7.81. The molecule has 2 aliphatic rings. The Morgan fingerprint density at radius 3 is 2.31 bits per heavy atom. The van der Waals surface area contributed by atoms with Gasteiger partial charge in [0.05, 0.1) is 6.07 Å². The zero-order valence-electron chi connectivity index (χ0n) is 9.45. The molecule has 0 amide bonds. The van der Waals surface area contributed by atoms with Crippen LogP contribution < -0.4 is 0 Å². The highest BCUT2D eigenvalue weighted by Gasteiger charge is 2.44. The molecule has 2 heteroatoms. The normalized spacial score (nSPS) is 21.4. The molecule has 0 aromatic heterocycles. The fraction of sp³-hybridized carbons (Fsp3) is 0.500. The minimum absolute atomic E-state index is 0.344. The second-order valence-electron chi connectivity index (χ2n) is 5.25. The first-order valence-electron chi connectivity index (χ1n) is 5.97. The van der Waals surface area contributed by atoms with E-state index in [4.69, 9.17) is 5.26 Å². The van der Waals surface area contributed by atoms with E-state index in [1.165, 1.54) is 24.0 Å². The first-order valence-corrected chi connectivity index (χ1v) is 5.97. The van der Waals surface area contributed by atoms with Crippen molar-refractivity contribution in [2.24, 2.45) is 5.41 Å². The third-order valence-electron chi connectivity index (χ3n) is 3.88. The SMILES string of the molecule is N#CCC1(CN2Cc3ccccc3C2)CC1. The minimum atomic E-state index is 0.344. The largest absolute Gasteiger partial charge is 0.294 e. The molecular weight excluding hydrogens is 196 g/mol. The van der Waals surface area contributed by atoms with Crippen LogP contribution >= 0.6 is 0 Å². The van der Waals surface area contributed by atoms with Gasteiger partial charge in [-0.1, -0.05) is 24.3 Å². The number of benzene rings is 1. The smallest absolute Gasteiger partial charge is 0.0628 e. The Labute approximate surface area is 96.5 Å². The molecule has 3 rings (SSSR count). The zero-order valence-corrected chi connectivity index (χ0v) is 9.45. The molecule has 16 heavy (non-hydrogen) atoms. The molecule has 0 radical (unpaired) electrons. The Morgan fingerprint density at radius 2 is 1.81 bits per heavy atom. The topological polar surface area (TPSA) is 27.0 Å². The third-order valence-corrected chi connectivity index (χ3v) is 3.88. The van der Waals surface area contributed by atoms with Crippen LogP contribution in [0.5, 0.6) is 0 Å². The van der Waals surface area contributed by atoms with Gasteiger partial charge in [0, 0.05) is 26.1 Å². The van der Waals surface area contributed by atoms with Crippen molar-refractivity contribution in [1.82, 2.24) is 4.90 Å². The van der Waals surface area contributed by atoms with Gasteiger partial charge in [-0.3, -0.25) is 4.90 Å². The Bertz CT molecular complexity index is 415. The van der Waals surface area contributed by atoms with E-state index in [-0.39, 0.29) is 0 Å². The van der Waals surface area contributed by atoms with Crippen molar-refractivity contribution in [2.75, 3.05) is 6.54 Å². The van der Waals surface area contributed by atoms with Crippen LogP contribution in [0.3, 0.4) is 0 Å². The molecule has 2 nitrogen and oxygen atoms in total. The van der Waals surface area contributed by atoms with E-state index in [1.807, 2.05) is 0 Å². The first kappa shape index (κ1) is 9.86. The zero-order chi connectivity index (χ0) is 11.0. The quantitative estimate of drug-likeness (QED) is 0.770. The average Bonchev–Trinajstić information content (AvgIpc) is 2.91. The molecule has 0 unspecified atom stereocenters. The number of nitriles is 1. The second-order valence-corrected chi connectivity index (χ2v) is 5.25. The number of nitrogens with zero attached hydrogens (tertiary/aromatic N) is 2. The highest BCUT2D eigenvalue weighted by Crippen LogP contribution is 2.49. The number of hydrogen-bond acceptors (Lipinski definition) is 2. The van der Waals surface area contributed by atoms with Crippen LogP contribution in [0.1, 0.15) is 30.4 Å². The maximum atomic E-state index is 8.82. The molecule has 1 fully saturated rings. The van der Waals surface area contributed by atoms with Crippen molar-refractivity contribution >= 4 is 0 Å². The summed E-state index contributed by atoms with van der Waals surface area (Å²) in [4.78, 5) is 2.50. The summed E-state index contributed by atoms with van der Waals surface area (Å²) in [5.41, 5.74) is 3.28. The van der Waals surface area contributed by atoms with E-state index in [0.717, 1.165) is 26.1 Å². The van der Waals surface area contributed by atoms with Gasteiger partial charge in [-0.2, -0.15) is 5.26 Å². The Kier molecular flexibility index (Phi) is 2.22. The molecule has 1 aliphatic heterocycles. The fourth-order valence-electron chi connectivity index (χ4n) is 2.73. The lowest BCUT2D eigenvalue weighted by atomic mass is 10.0. The Hall–Kier alpha value is -1.33. The van der Waals surface area contributed by atoms with Gasteiger partial charge in [-0.15, -0.1) is 0 Å². The Morgan fingerprint density at radius 1 is 1.19 bits per heavy atom. The lowest BCUT2D eigenvalue weighted by Crippen LogP contribution is -2.25. The van der Waals surface area contributed by atoms with Crippen molar-refractivity contribution in [3.05, 3.63) is 35.4 Å². The highest BCUT2D eigenvalue weighted by molar-refractivity contribution is 5.30. The summed E-state index contributed by atoms with van der Waals surface area (Å²) < 4.78 is 0. The standard InChI is InChI=1S/C14H16N2/c15-8-7-14(5-6-14)11-16-9-12-3-1-2-4-13(12)10-16/h1-4H,5-7,9-11H2. The fourth-order valence-corrected chi connectivity index (χ4v) is 2.73. The van der Waals surface area contributed by atoms with Crippen molar-refractivity contribution in [3.8, 4) is 6.07 Å². The summed E-state index contributed by atoms with van der Waals surface area (Å²) in [5, 5.41) is 8.82. The van der Waals surface area contributed by atoms with Crippen LogP contribution in [0.2, 0.25) is 0 Å². The molecule has 1 heterocycles.